The summed E-state index contributed by atoms with van der Waals surface area (Å²) < 4.78 is 14.7. The molecule has 30 heavy (non-hydrogen) atoms. The van der Waals surface area contributed by atoms with E-state index in [4.69, 9.17) is 8.83 Å². The minimum atomic E-state index is -0.203. The van der Waals surface area contributed by atoms with Crippen LogP contribution in [-0.4, -0.2) is 19.6 Å². The Kier molecular flexibility index (Phi) is 3.48. The molecular formula is C22H14N4O3S. The van der Waals surface area contributed by atoms with Gasteiger partial charge >= 0.3 is 0 Å². The number of hydrogen-bond acceptors (Lipinski definition) is 7. The Morgan fingerprint density at radius 1 is 1.03 bits per heavy atom. The van der Waals surface area contributed by atoms with Gasteiger partial charge in [-0.3, -0.25) is 9.20 Å². The first-order valence-electron chi connectivity index (χ1n) is 9.33. The number of fused-ring (bicyclic) bond motifs is 4. The van der Waals surface area contributed by atoms with Crippen LogP contribution in [0.25, 0.3) is 49.2 Å². The Morgan fingerprint density at radius 2 is 1.87 bits per heavy atom. The first-order valence-corrected chi connectivity index (χ1v) is 10.1. The highest BCUT2D eigenvalue weighted by Gasteiger charge is 2.22. The van der Waals surface area contributed by atoms with Gasteiger partial charge in [-0.05, 0) is 38.1 Å². The fourth-order valence-corrected chi connectivity index (χ4v) is 4.76. The predicted molar refractivity (Wildman–Crippen MR) is 115 cm³/mol. The van der Waals surface area contributed by atoms with E-state index in [0.717, 1.165) is 32.1 Å². The zero-order valence-electron chi connectivity index (χ0n) is 16.0. The lowest BCUT2D eigenvalue weighted by molar-refractivity contribution is 0.567. The quantitative estimate of drug-likeness (QED) is 0.397. The van der Waals surface area contributed by atoms with Crippen LogP contribution < -0.4 is 5.43 Å². The van der Waals surface area contributed by atoms with Crippen LogP contribution in [0.1, 0.15) is 11.3 Å². The van der Waals surface area contributed by atoms with Gasteiger partial charge in [0, 0.05) is 0 Å². The van der Waals surface area contributed by atoms with Crippen LogP contribution in [0.15, 0.2) is 62.4 Å². The summed E-state index contributed by atoms with van der Waals surface area (Å²) in [5.41, 5.74) is 4.05. The lowest BCUT2D eigenvalue weighted by Gasteiger charge is -2.00. The van der Waals surface area contributed by atoms with Gasteiger partial charge in [-0.2, -0.15) is 0 Å². The number of aromatic nitrogens is 4. The third-order valence-electron chi connectivity index (χ3n) is 5.11. The highest BCUT2D eigenvalue weighted by molar-refractivity contribution is 7.23. The van der Waals surface area contributed by atoms with Gasteiger partial charge in [-0.1, -0.05) is 35.1 Å². The SMILES string of the molecule is Cc1ccc2occ(-c3nnc(-c4c(C)nc5sc6ccccc6n45)o3)c(=O)c2c1. The third kappa shape index (κ3) is 2.37. The summed E-state index contributed by atoms with van der Waals surface area (Å²) >= 11 is 1.60. The van der Waals surface area contributed by atoms with Crippen LogP contribution in [0.4, 0.5) is 0 Å². The third-order valence-corrected chi connectivity index (χ3v) is 6.14. The number of thiazole rings is 1. The molecule has 0 saturated heterocycles. The Balaban J connectivity index is 1.55. The summed E-state index contributed by atoms with van der Waals surface area (Å²) in [6, 6.07) is 13.5. The molecule has 0 aliphatic carbocycles. The highest BCUT2D eigenvalue weighted by Crippen LogP contribution is 2.34. The van der Waals surface area contributed by atoms with Crippen LogP contribution in [0.2, 0.25) is 0 Å². The summed E-state index contributed by atoms with van der Waals surface area (Å²) in [5, 5.41) is 8.83. The number of hydrogen-bond donors (Lipinski definition) is 0. The topological polar surface area (TPSA) is 86.4 Å². The van der Waals surface area contributed by atoms with Crippen molar-refractivity contribution in [1.29, 1.82) is 0 Å². The second-order valence-corrected chi connectivity index (χ2v) is 8.13. The lowest BCUT2D eigenvalue weighted by atomic mass is 10.1. The van der Waals surface area contributed by atoms with E-state index in [1.54, 1.807) is 23.5 Å². The Morgan fingerprint density at radius 3 is 2.77 bits per heavy atom. The van der Waals surface area contributed by atoms with Gasteiger partial charge in [-0.25, -0.2) is 4.98 Å². The summed E-state index contributed by atoms with van der Waals surface area (Å²) in [6.07, 6.45) is 1.37. The number of nitrogens with zero attached hydrogens (tertiary/aromatic N) is 4. The van der Waals surface area contributed by atoms with Crippen molar-refractivity contribution >= 4 is 37.5 Å². The molecule has 0 saturated carbocycles. The summed E-state index contributed by atoms with van der Waals surface area (Å²) in [6.45, 7) is 3.83. The second-order valence-electron chi connectivity index (χ2n) is 7.12. The molecule has 146 valence electrons. The van der Waals surface area contributed by atoms with E-state index >= 15 is 0 Å². The van der Waals surface area contributed by atoms with E-state index in [9.17, 15) is 4.79 Å². The molecule has 4 aromatic heterocycles. The average molecular weight is 414 g/mol. The van der Waals surface area contributed by atoms with Crippen molar-refractivity contribution in [2.45, 2.75) is 13.8 Å². The molecule has 2 aromatic carbocycles. The van der Waals surface area contributed by atoms with Gasteiger partial charge in [0.2, 0.25) is 5.43 Å². The van der Waals surface area contributed by atoms with E-state index in [2.05, 4.69) is 21.2 Å². The van der Waals surface area contributed by atoms with E-state index in [0.29, 0.717) is 16.9 Å². The van der Waals surface area contributed by atoms with Crippen molar-refractivity contribution in [1.82, 2.24) is 19.6 Å². The Bertz CT molecular complexity index is 1650. The second kappa shape index (κ2) is 6.11. The van der Waals surface area contributed by atoms with E-state index < -0.39 is 0 Å². The van der Waals surface area contributed by atoms with E-state index in [1.165, 1.54) is 6.26 Å². The largest absolute Gasteiger partial charge is 0.463 e. The van der Waals surface area contributed by atoms with Crippen LogP contribution in [0, 0.1) is 13.8 Å². The molecule has 6 aromatic rings. The molecule has 0 atom stereocenters. The summed E-state index contributed by atoms with van der Waals surface area (Å²) in [7, 11) is 0. The molecule has 0 bridgehead atoms. The molecule has 0 aliphatic rings. The molecule has 4 heterocycles. The zero-order chi connectivity index (χ0) is 20.4. The number of para-hydroxylation sites is 1. The molecule has 7 nitrogen and oxygen atoms in total. The molecule has 0 unspecified atom stereocenters. The smallest absolute Gasteiger partial charge is 0.266 e. The van der Waals surface area contributed by atoms with Crippen LogP contribution >= 0.6 is 11.3 Å². The number of benzene rings is 2. The molecule has 6 rings (SSSR count). The van der Waals surface area contributed by atoms with Crippen LogP contribution in [0.3, 0.4) is 0 Å². The molecule has 8 heteroatoms. The van der Waals surface area contributed by atoms with Crippen molar-refractivity contribution in [2.75, 3.05) is 0 Å². The normalized spacial score (nSPS) is 11.8. The lowest BCUT2D eigenvalue weighted by Crippen LogP contribution is -2.05. The minimum absolute atomic E-state index is 0.121. The average Bonchev–Trinajstić information content (AvgIpc) is 3.42. The van der Waals surface area contributed by atoms with Crippen molar-refractivity contribution in [3.05, 3.63) is 70.2 Å². The predicted octanol–water partition coefficient (Wildman–Crippen LogP) is 4.99. The van der Waals surface area contributed by atoms with E-state index in [-0.39, 0.29) is 16.9 Å². The molecule has 0 aliphatic heterocycles. The van der Waals surface area contributed by atoms with Gasteiger partial charge in [0.1, 0.15) is 23.1 Å². The monoisotopic (exact) mass is 414 g/mol. The summed E-state index contributed by atoms with van der Waals surface area (Å²) in [4.78, 5) is 18.5. The van der Waals surface area contributed by atoms with Gasteiger partial charge in [0.25, 0.3) is 11.8 Å². The molecule has 0 amide bonds. The molecular weight excluding hydrogens is 400 g/mol. The zero-order valence-corrected chi connectivity index (χ0v) is 16.9. The van der Waals surface area contributed by atoms with Gasteiger partial charge in [0.05, 0.1) is 21.3 Å². The maximum atomic E-state index is 13.0. The first-order chi connectivity index (χ1) is 14.6. The van der Waals surface area contributed by atoms with E-state index in [1.807, 2.05) is 42.5 Å². The van der Waals surface area contributed by atoms with Crippen LogP contribution in [-0.2, 0) is 0 Å². The maximum Gasteiger partial charge on any atom is 0.266 e. The molecule has 0 fully saturated rings. The number of rotatable bonds is 2. The van der Waals surface area contributed by atoms with Gasteiger partial charge < -0.3 is 8.83 Å². The summed E-state index contributed by atoms with van der Waals surface area (Å²) in [5.74, 6) is 0.429. The molecule has 0 radical (unpaired) electrons. The van der Waals surface area contributed by atoms with Gasteiger partial charge in [-0.15, -0.1) is 10.2 Å². The molecule has 0 N–H and O–H groups in total. The molecule has 0 spiro atoms. The van der Waals surface area contributed by atoms with Gasteiger partial charge in [0.15, 0.2) is 4.96 Å². The van der Waals surface area contributed by atoms with Crippen molar-refractivity contribution in [2.24, 2.45) is 0 Å². The Hall–Kier alpha value is -3.78. The fourth-order valence-electron chi connectivity index (χ4n) is 3.69. The Labute approximate surface area is 173 Å². The number of aryl methyl sites for hydroxylation is 2. The van der Waals surface area contributed by atoms with Crippen molar-refractivity contribution in [3.8, 4) is 23.0 Å². The maximum absolute atomic E-state index is 13.0. The first kappa shape index (κ1) is 17.1. The van der Waals surface area contributed by atoms with Crippen molar-refractivity contribution in [3.63, 3.8) is 0 Å². The standard InChI is InChI=1S/C22H14N4O3S/c1-11-7-8-16-13(9-11)19(27)14(10-28-16)20-24-25-21(29-20)18-12(2)23-22-26(18)15-5-3-4-6-17(15)30-22/h3-10H,1-2H3. The number of imidazole rings is 1. The fraction of sp³-hybridized carbons (Fsp3) is 0.0909. The minimum Gasteiger partial charge on any atom is -0.463 e. The van der Waals surface area contributed by atoms with Crippen LogP contribution in [0.5, 0.6) is 0 Å². The van der Waals surface area contributed by atoms with Crippen molar-refractivity contribution < 1.29 is 8.83 Å². The highest BCUT2D eigenvalue weighted by atomic mass is 32.1.